The molecule has 6 heteroatoms. The predicted molar refractivity (Wildman–Crippen MR) is 117 cm³/mol. The molecule has 3 aromatic rings. The van der Waals surface area contributed by atoms with Crippen molar-refractivity contribution < 1.29 is 4.74 Å². The highest BCUT2D eigenvalue weighted by Gasteiger charge is 2.15. The van der Waals surface area contributed by atoms with Crippen LogP contribution in [0, 0.1) is 6.92 Å². The van der Waals surface area contributed by atoms with Crippen molar-refractivity contribution in [2.75, 3.05) is 32.0 Å². The molecule has 0 radical (unpaired) electrons. The molecular weight excluding hydrogens is 374 g/mol. The van der Waals surface area contributed by atoms with Gasteiger partial charge in [0.2, 0.25) is 0 Å². The molecule has 0 atom stereocenters. The zero-order valence-electron chi connectivity index (χ0n) is 16.5. The van der Waals surface area contributed by atoms with Gasteiger partial charge in [0.05, 0.1) is 12.0 Å². The molecular formula is C21H27N3OS2. The lowest BCUT2D eigenvalue weighted by Gasteiger charge is -2.17. The van der Waals surface area contributed by atoms with Gasteiger partial charge < -0.3 is 9.64 Å². The Labute approximate surface area is 170 Å². The van der Waals surface area contributed by atoms with Gasteiger partial charge in [-0.15, -0.1) is 23.1 Å². The highest BCUT2D eigenvalue weighted by atomic mass is 32.2. The summed E-state index contributed by atoms with van der Waals surface area (Å²) in [4.78, 5) is 12.9. The van der Waals surface area contributed by atoms with Crippen molar-refractivity contribution in [1.82, 2.24) is 14.9 Å². The smallest absolute Gasteiger partial charge is 0.128 e. The normalized spacial score (nSPS) is 11.4. The first kappa shape index (κ1) is 20.1. The summed E-state index contributed by atoms with van der Waals surface area (Å²) < 4.78 is 5.57. The summed E-state index contributed by atoms with van der Waals surface area (Å²) in [7, 11) is 0. The molecule has 3 rings (SSSR count). The Morgan fingerprint density at radius 2 is 1.81 bits per heavy atom. The fourth-order valence-corrected chi connectivity index (χ4v) is 5.18. The van der Waals surface area contributed by atoms with Gasteiger partial charge in [-0.1, -0.05) is 26.0 Å². The molecule has 0 aliphatic heterocycles. The molecule has 0 saturated heterocycles. The predicted octanol–water partition coefficient (Wildman–Crippen LogP) is 5.50. The SMILES string of the molecule is CCOc1ccc(-c2csc3nc(C)nc(SCCN(CC)CC)c23)cc1. The van der Waals surface area contributed by atoms with E-state index in [9.17, 15) is 0 Å². The molecule has 144 valence electrons. The van der Waals surface area contributed by atoms with E-state index in [1.54, 1.807) is 11.3 Å². The van der Waals surface area contributed by atoms with E-state index in [0.717, 1.165) is 46.8 Å². The van der Waals surface area contributed by atoms with Crippen LogP contribution in [0.15, 0.2) is 34.7 Å². The number of ether oxygens (including phenoxy) is 1. The van der Waals surface area contributed by atoms with Crippen LogP contribution in [0.25, 0.3) is 21.3 Å². The van der Waals surface area contributed by atoms with Gasteiger partial charge in [-0.3, -0.25) is 0 Å². The monoisotopic (exact) mass is 401 g/mol. The lowest BCUT2D eigenvalue weighted by molar-refractivity contribution is 0.324. The van der Waals surface area contributed by atoms with E-state index in [4.69, 9.17) is 9.72 Å². The third-order valence-electron chi connectivity index (χ3n) is 4.53. The van der Waals surface area contributed by atoms with Gasteiger partial charge in [-0.25, -0.2) is 9.97 Å². The summed E-state index contributed by atoms with van der Waals surface area (Å²) in [5.41, 5.74) is 2.39. The van der Waals surface area contributed by atoms with Crippen LogP contribution in [0.3, 0.4) is 0 Å². The number of nitrogens with zero attached hydrogens (tertiary/aromatic N) is 3. The molecule has 0 N–H and O–H groups in total. The molecule has 0 aliphatic rings. The van der Waals surface area contributed by atoms with Crippen LogP contribution in [-0.4, -0.2) is 46.9 Å². The number of fused-ring (bicyclic) bond motifs is 1. The number of hydrogen-bond donors (Lipinski definition) is 0. The molecule has 0 unspecified atom stereocenters. The van der Waals surface area contributed by atoms with Crippen molar-refractivity contribution in [3.8, 4) is 16.9 Å². The van der Waals surface area contributed by atoms with Crippen LogP contribution >= 0.6 is 23.1 Å². The minimum Gasteiger partial charge on any atom is -0.494 e. The molecule has 1 aromatic carbocycles. The van der Waals surface area contributed by atoms with Gasteiger partial charge in [0.25, 0.3) is 0 Å². The van der Waals surface area contributed by atoms with E-state index in [0.29, 0.717) is 6.61 Å². The average Bonchev–Trinajstić information content (AvgIpc) is 3.10. The number of aromatic nitrogens is 2. The van der Waals surface area contributed by atoms with Crippen LogP contribution in [-0.2, 0) is 0 Å². The van der Waals surface area contributed by atoms with Crippen LogP contribution in [0.2, 0.25) is 0 Å². The first-order chi connectivity index (χ1) is 13.2. The zero-order valence-corrected chi connectivity index (χ0v) is 18.1. The molecule has 0 fully saturated rings. The summed E-state index contributed by atoms with van der Waals surface area (Å²) >= 11 is 3.53. The maximum Gasteiger partial charge on any atom is 0.128 e. The molecule has 4 nitrogen and oxygen atoms in total. The van der Waals surface area contributed by atoms with Gasteiger partial charge in [-0.2, -0.15) is 0 Å². The van der Waals surface area contributed by atoms with Crippen LogP contribution < -0.4 is 4.74 Å². The fourth-order valence-electron chi connectivity index (χ4n) is 3.04. The van der Waals surface area contributed by atoms with Crippen molar-refractivity contribution in [3.05, 3.63) is 35.5 Å². The van der Waals surface area contributed by atoms with E-state index in [1.807, 2.05) is 37.7 Å². The van der Waals surface area contributed by atoms with E-state index in [2.05, 4.69) is 41.2 Å². The molecule has 27 heavy (non-hydrogen) atoms. The van der Waals surface area contributed by atoms with Gasteiger partial charge >= 0.3 is 0 Å². The molecule has 0 aliphatic carbocycles. The van der Waals surface area contributed by atoms with Crippen molar-refractivity contribution >= 4 is 33.3 Å². The first-order valence-corrected chi connectivity index (χ1v) is 11.4. The molecule has 2 aromatic heterocycles. The van der Waals surface area contributed by atoms with Crippen LogP contribution in [0.4, 0.5) is 0 Å². The zero-order chi connectivity index (χ0) is 19.2. The Balaban J connectivity index is 1.90. The maximum atomic E-state index is 5.57. The van der Waals surface area contributed by atoms with Crippen molar-refractivity contribution in [1.29, 1.82) is 0 Å². The number of thioether (sulfide) groups is 1. The summed E-state index contributed by atoms with van der Waals surface area (Å²) in [6, 6.07) is 8.31. The van der Waals surface area contributed by atoms with Crippen molar-refractivity contribution in [3.63, 3.8) is 0 Å². The fraction of sp³-hybridized carbons (Fsp3) is 0.429. The van der Waals surface area contributed by atoms with E-state index in [1.165, 1.54) is 16.5 Å². The van der Waals surface area contributed by atoms with Crippen molar-refractivity contribution in [2.45, 2.75) is 32.7 Å². The number of rotatable bonds is 9. The minimum atomic E-state index is 0.682. The van der Waals surface area contributed by atoms with Crippen LogP contribution in [0.5, 0.6) is 5.75 Å². The molecule has 2 heterocycles. The Morgan fingerprint density at radius 3 is 2.48 bits per heavy atom. The van der Waals surface area contributed by atoms with Gasteiger partial charge in [0.15, 0.2) is 0 Å². The topological polar surface area (TPSA) is 38.3 Å². The molecule has 0 saturated carbocycles. The molecule has 0 spiro atoms. The largest absolute Gasteiger partial charge is 0.494 e. The number of hydrogen-bond acceptors (Lipinski definition) is 6. The summed E-state index contributed by atoms with van der Waals surface area (Å²) in [5, 5.41) is 4.47. The van der Waals surface area contributed by atoms with E-state index < -0.39 is 0 Å². The lowest BCUT2D eigenvalue weighted by atomic mass is 10.1. The number of thiophene rings is 1. The van der Waals surface area contributed by atoms with Gasteiger partial charge in [0.1, 0.15) is 21.4 Å². The Bertz CT molecular complexity index is 873. The third kappa shape index (κ3) is 4.81. The highest BCUT2D eigenvalue weighted by Crippen LogP contribution is 2.38. The standard InChI is InChI=1S/C21H27N3OS2/c1-5-24(6-2)12-13-26-20-19-18(14-27-21(19)23-15(4)22-20)16-8-10-17(11-9-16)25-7-3/h8-11,14H,5-7,12-13H2,1-4H3. The lowest BCUT2D eigenvalue weighted by Crippen LogP contribution is -2.25. The third-order valence-corrected chi connectivity index (χ3v) is 6.36. The Morgan fingerprint density at radius 1 is 1.07 bits per heavy atom. The van der Waals surface area contributed by atoms with Crippen molar-refractivity contribution in [2.24, 2.45) is 0 Å². The molecule has 0 bridgehead atoms. The molecule has 0 amide bonds. The number of aryl methyl sites for hydroxylation is 1. The second-order valence-corrected chi connectivity index (χ2v) is 8.18. The quantitative estimate of drug-likeness (QED) is 0.350. The maximum absolute atomic E-state index is 5.57. The second kappa shape index (κ2) is 9.53. The minimum absolute atomic E-state index is 0.682. The highest BCUT2D eigenvalue weighted by molar-refractivity contribution is 7.99. The Kier molecular flexibility index (Phi) is 7.10. The number of benzene rings is 1. The van der Waals surface area contributed by atoms with Gasteiger partial charge in [0, 0.05) is 23.2 Å². The van der Waals surface area contributed by atoms with Crippen LogP contribution in [0.1, 0.15) is 26.6 Å². The first-order valence-electron chi connectivity index (χ1n) is 9.50. The van der Waals surface area contributed by atoms with Gasteiger partial charge in [-0.05, 0) is 44.6 Å². The average molecular weight is 402 g/mol. The van der Waals surface area contributed by atoms with E-state index >= 15 is 0 Å². The van der Waals surface area contributed by atoms with E-state index in [-0.39, 0.29) is 0 Å². The summed E-state index contributed by atoms with van der Waals surface area (Å²) in [6.45, 7) is 12.3. The summed E-state index contributed by atoms with van der Waals surface area (Å²) in [5.74, 6) is 2.78. The second-order valence-electron chi connectivity index (χ2n) is 6.24. The Hall–Kier alpha value is -1.63. The summed E-state index contributed by atoms with van der Waals surface area (Å²) in [6.07, 6.45) is 0.